The Morgan fingerprint density at radius 1 is 1.23 bits per heavy atom. The first-order valence-electron chi connectivity index (χ1n) is 9.54. The summed E-state index contributed by atoms with van der Waals surface area (Å²) in [6.07, 6.45) is 8.29. The largest absolute Gasteiger partial charge is 0.377 e. The molecule has 0 radical (unpaired) electrons. The SMILES string of the molecule is CN(C)c1cc(C#CC2CC2)ccc1-c1cn(CC2CCCCO2)nn1. The second-order valence-corrected chi connectivity index (χ2v) is 7.48. The highest BCUT2D eigenvalue weighted by molar-refractivity contribution is 5.77. The molecule has 1 saturated heterocycles. The molecule has 1 atom stereocenters. The molecule has 2 aromatic rings. The van der Waals surface area contributed by atoms with Crippen LogP contribution < -0.4 is 4.90 Å². The molecule has 1 aliphatic heterocycles. The summed E-state index contributed by atoms with van der Waals surface area (Å²) in [4.78, 5) is 2.11. The molecule has 0 spiro atoms. The van der Waals surface area contributed by atoms with Crippen molar-refractivity contribution in [2.45, 2.75) is 44.8 Å². The number of hydrogen-bond donors (Lipinski definition) is 0. The van der Waals surface area contributed by atoms with Crippen LogP contribution in [0.25, 0.3) is 11.3 Å². The van der Waals surface area contributed by atoms with Gasteiger partial charge in [-0.25, -0.2) is 4.68 Å². The molecule has 0 amide bonds. The number of anilines is 1. The third kappa shape index (κ3) is 4.08. The quantitative estimate of drug-likeness (QED) is 0.793. The van der Waals surface area contributed by atoms with Crippen LogP contribution in [0.15, 0.2) is 24.4 Å². The van der Waals surface area contributed by atoms with Gasteiger partial charge in [-0.2, -0.15) is 0 Å². The summed E-state index contributed by atoms with van der Waals surface area (Å²) in [6.45, 7) is 1.63. The van der Waals surface area contributed by atoms with Crippen LogP contribution in [0, 0.1) is 17.8 Å². The number of aromatic nitrogens is 3. The van der Waals surface area contributed by atoms with Crippen LogP contribution in [-0.4, -0.2) is 41.8 Å². The number of nitrogens with zero attached hydrogens (tertiary/aromatic N) is 4. The first kappa shape index (κ1) is 17.1. The van der Waals surface area contributed by atoms with Crippen molar-refractivity contribution in [2.24, 2.45) is 5.92 Å². The molecule has 1 aliphatic carbocycles. The first-order chi connectivity index (χ1) is 12.7. The molecule has 2 heterocycles. The van der Waals surface area contributed by atoms with Gasteiger partial charge in [0.05, 0.1) is 18.8 Å². The molecule has 0 bridgehead atoms. The Morgan fingerprint density at radius 2 is 2.12 bits per heavy atom. The lowest BCUT2D eigenvalue weighted by molar-refractivity contribution is 0.00370. The molecular formula is C21H26N4O. The minimum atomic E-state index is 0.256. The van der Waals surface area contributed by atoms with Crippen LogP contribution in [0.3, 0.4) is 0 Å². The molecule has 2 fully saturated rings. The third-order valence-electron chi connectivity index (χ3n) is 4.96. The van der Waals surface area contributed by atoms with E-state index in [1.807, 2.05) is 10.9 Å². The normalized spacial score (nSPS) is 19.7. The zero-order valence-electron chi connectivity index (χ0n) is 15.6. The van der Waals surface area contributed by atoms with E-state index in [9.17, 15) is 0 Å². The highest BCUT2D eigenvalue weighted by Gasteiger charge is 2.18. The summed E-state index contributed by atoms with van der Waals surface area (Å²) in [7, 11) is 4.11. The highest BCUT2D eigenvalue weighted by Crippen LogP contribution is 2.30. The van der Waals surface area contributed by atoms with Gasteiger partial charge < -0.3 is 9.64 Å². The van der Waals surface area contributed by atoms with Crippen molar-refractivity contribution in [1.29, 1.82) is 0 Å². The maximum absolute atomic E-state index is 5.81. The van der Waals surface area contributed by atoms with E-state index in [0.29, 0.717) is 5.92 Å². The Morgan fingerprint density at radius 3 is 2.85 bits per heavy atom. The topological polar surface area (TPSA) is 43.2 Å². The van der Waals surface area contributed by atoms with Crippen LogP contribution in [0.2, 0.25) is 0 Å². The van der Waals surface area contributed by atoms with Gasteiger partial charge in [0.1, 0.15) is 5.69 Å². The average Bonchev–Trinajstić information content (AvgIpc) is 3.38. The molecule has 4 rings (SSSR count). The fourth-order valence-electron chi connectivity index (χ4n) is 3.28. The molecule has 5 heteroatoms. The predicted octanol–water partition coefficient (Wildman–Crippen LogP) is 3.34. The Labute approximate surface area is 155 Å². The maximum atomic E-state index is 5.81. The van der Waals surface area contributed by atoms with Crippen molar-refractivity contribution in [2.75, 3.05) is 25.6 Å². The molecule has 0 N–H and O–H groups in total. The lowest BCUT2D eigenvalue weighted by Crippen LogP contribution is -2.24. The summed E-state index contributed by atoms with van der Waals surface area (Å²) in [5.74, 6) is 7.25. The molecular weight excluding hydrogens is 324 g/mol. The Kier molecular flexibility index (Phi) is 4.94. The molecule has 5 nitrogen and oxygen atoms in total. The van der Waals surface area contributed by atoms with E-state index >= 15 is 0 Å². The molecule has 1 aromatic carbocycles. The smallest absolute Gasteiger partial charge is 0.115 e. The molecule has 1 aromatic heterocycles. The summed E-state index contributed by atoms with van der Waals surface area (Å²) in [5, 5.41) is 8.72. The summed E-state index contributed by atoms with van der Waals surface area (Å²) < 4.78 is 7.72. The van der Waals surface area contributed by atoms with Gasteiger partial charge in [0.25, 0.3) is 0 Å². The Balaban J connectivity index is 1.55. The Hall–Kier alpha value is -2.32. The summed E-state index contributed by atoms with van der Waals surface area (Å²) in [6, 6.07) is 6.34. The average molecular weight is 350 g/mol. The van der Waals surface area contributed by atoms with Gasteiger partial charge in [0.15, 0.2) is 0 Å². The summed E-state index contributed by atoms with van der Waals surface area (Å²) >= 11 is 0. The zero-order valence-corrected chi connectivity index (χ0v) is 15.6. The lowest BCUT2D eigenvalue weighted by atomic mass is 10.1. The number of benzene rings is 1. The van der Waals surface area contributed by atoms with Crippen molar-refractivity contribution in [3.8, 4) is 23.1 Å². The van der Waals surface area contributed by atoms with Gasteiger partial charge in [0.2, 0.25) is 0 Å². The van der Waals surface area contributed by atoms with Crippen molar-refractivity contribution < 1.29 is 4.74 Å². The second-order valence-electron chi connectivity index (χ2n) is 7.48. The van der Waals surface area contributed by atoms with Crippen LogP contribution in [0.1, 0.15) is 37.7 Å². The van der Waals surface area contributed by atoms with Crippen molar-refractivity contribution >= 4 is 5.69 Å². The summed E-state index contributed by atoms with van der Waals surface area (Å²) in [5.41, 5.74) is 4.16. The minimum Gasteiger partial charge on any atom is -0.377 e. The number of hydrogen-bond acceptors (Lipinski definition) is 4. The lowest BCUT2D eigenvalue weighted by Gasteiger charge is -2.21. The van der Waals surface area contributed by atoms with Gasteiger partial charge in [-0.3, -0.25) is 0 Å². The fourth-order valence-corrected chi connectivity index (χ4v) is 3.28. The van der Waals surface area contributed by atoms with E-state index in [1.54, 1.807) is 0 Å². The standard InChI is InChI=1S/C21H26N4O/c1-24(2)21-13-17(9-8-16-6-7-16)10-11-19(21)20-15-25(23-22-20)14-18-5-3-4-12-26-18/h10-11,13,15-16,18H,3-7,12,14H2,1-2H3. The van der Waals surface area contributed by atoms with E-state index in [1.165, 1.54) is 25.7 Å². The van der Waals surface area contributed by atoms with Crippen molar-refractivity contribution in [3.63, 3.8) is 0 Å². The number of rotatable bonds is 4. The van der Waals surface area contributed by atoms with E-state index < -0.39 is 0 Å². The van der Waals surface area contributed by atoms with Gasteiger partial charge in [-0.05, 0) is 50.3 Å². The predicted molar refractivity (Wildman–Crippen MR) is 103 cm³/mol. The Bertz CT molecular complexity index is 820. The van der Waals surface area contributed by atoms with E-state index in [4.69, 9.17) is 4.74 Å². The van der Waals surface area contributed by atoms with Gasteiger partial charge >= 0.3 is 0 Å². The first-order valence-corrected chi connectivity index (χ1v) is 9.54. The molecule has 1 saturated carbocycles. The highest BCUT2D eigenvalue weighted by atomic mass is 16.5. The van der Waals surface area contributed by atoms with Crippen molar-refractivity contribution in [3.05, 3.63) is 30.0 Å². The van der Waals surface area contributed by atoms with Crippen LogP contribution in [0.5, 0.6) is 0 Å². The van der Waals surface area contributed by atoms with Crippen molar-refractivity contribution in [1.82, 2.24) is 15.0 Å². The monoisotopic (exact) mass is 350 g/mol. The molecule has 1 unspecified atom stereocenters. The number of ether oxygens (including phenoxy) is 1. The van der Waals surface area contributed by atoms with E-state index in [-0.39, 0.29) is 6.10 Å². The van der Waals surface area contributed by atoms with Gasteiger partial charge in [-0.1, -0.05) is 17.1 Å². The van der Waals surface area contributed by atoms with Crippen LogP contribution >= 0.6 is 0 Å². The van der Waals surface area contributed by atoms with Gasteiger partial charge in [-0.15, -0.1) is 5.10 Å². The third-order valence-corrected chi connectivity index (χ3v) is 4.96. The second kappa shape index (κ2) is 7.51. The molecule has 2 aliphatic rings. The minimum absolute atomic E-state index is 0.256. The van der Waals surface area contributed by atoms with Gasteiger partial charge in [0, 0.05) is 43.4 Å². The van der Waals surface area contributed by atoms with E-state index in [0.717, 1.165) is 42.1 Å². The fraction of sp³-hybridized carbons (Fsp3) is 0.524. The molecule has 136 valence electrons. The molecule has 26 heavy (non-hydrogen) atoms. The van der Waals surface area contributed by atoms with E-state index in [2.05, 4.69) is 59.3 Å². The maximum Gasteiger partial charge on any atom is 0.115 e. The zero-order chi connectivity index (χ0) is 17.9. The van der Waals surface area contributed by atoms with Crippen LogP contribution in [0.4, 0.5) is 5.69 Å². The van der Waals surface area contributed by atoms with Crippen LogP contribution in [-0.2, 0) is 11.3 Å².